The summed E-state index contributed by atoms with van der Waals surface area (Å²) in [5, 5.41) is 8.76. The number of benzene rings is 1. The molecule has 0 amide bonds. The van der Waals surface area contributed by atoms with Crippen molar-refractivity contribution < 1.29 is 9.90 Å². The number of nitrogen functional groups attached to an aromatic ring is 1. The molecule has 1 aromatic carbocycles. The molecule has 0 radical (unpaired) electrons. The van der Waals surface area contributed by atoms with Crippen molar-refractivity contribution in [3.63, 3.8) is 0 Å². The normalized spacial score (nSPS) is 10.7. The topological polar surface area (TPSA) is 63.3 Å². The highest BCUT2D eigenvalue weighted by molar-refractivity contribution is 6.17. The van der Waals surface area contributed by atoms with Gasteiger partial charge in [-0.3, -0.25) is 0 Å². The lowest BCUT2D eigenvalue weighted by Gasteiger charge is -2.01. The van der Waals surface area contributed by atoms with Crippen LogP contribution in [0.5, 0.6) is 0 Å². The number of hydrogen-bond donors (Lipinski definition) is 2. The lowest BCUT2D eigenvalue weighted by Crippen LogP contribution is -2.01. The van der Waals surface area contributed by atoms with E-state index in [4.69, 9.17) is 22.4 Å². The van der Waals surface area contributed by atoms with Crippen LogP contribution in [0.4, 0.5) is 5.69 Å². The Bertz CT molecular complexity index is 388. The first kappa shape index (κ1) is 11.6. The summed E-state index contributed by atoms with van der Waals surface area (Å²) in [6.45, 7) is 0. The van der Waals surface area contributed by atoms with Crippen LogP contribution in [-0.2, 0) is 0 Å². The first-order valence-electron chi connectivity index (χ1n) is 4.50. The van der Waals surface area contributed by atoms with E-state index < -0.39 is 5.97 Å². The van der Waals surface area contributed by atoms with Crippen molar-refractivity contribution in [3.8, 4) is 0 Å². The Kier molecular flexibility index (Phi) is 4.18. The third-order valence-electron chi connectivity index (χ3n) is 1.89. The van der Waals surface area contributed by atoms with E-state index in [1.54, 1.807) is 12.1 Å². The van der Waals surface area contributed by atoms with E-state index >= 15 is 0 Å². The number of hydrogen-bond acceptors (Lipinski definition) is 2. The van der Waals surface area contributed by atoms with Crippen LogP contribution in [-0.4, -0.2) is 17.0 Å². The van der Waals surface area contributed by atoms with Gasteiger partial charge in [-0.25, -0.2) is 4.79 Å². The maximum atomic E-state index is 10.7. The van der Waals surface area contributed by atoms with Gasteiger partial charge in [-0.2, -0.15) is 0 Å². The maximum absolute atomic E-state index is 10.7. The average molecular weight is 226 g/mol. The highest BCUT2D eigenvalue weighted by Gasteiger charge is 2.06. The fourth-order valence-corrected chi connectivity index (χ4v) is 1.29. The van der Waals surface area contributed by atoms with Crippen molar-refractivity contribution in [2.75, 3.05) is 11.6 Å². The number of nitrogens with two attached hydrogens (primary N) is 1. The molecular weight excluding hydrogens is 214 g/mol. The van der Waals surface area contributed by atoms with E-state index in [0.717, 1.165) is 12.0 Å². The summed E-state index contributed by atoms with van der Waals surface area (Å²) in [4.78, 5) is 10.7. The van der Waals surface area contributed by atoms with Gasteiger partial charge in [-0.1, -0.05) is 18.2 Å². The van der Waals surface area contributed by atoms with Gasteiger partial charge in [0.2, 0.25) is 0 Å². The molecule has 3 nitrogen and oxygen atoms in total. The number of carboxylic acids is 1. The van der Waals surface area contributed by atoms with Crippen molar-refractivity contribution in [1.29, 1.82) is 0 Å². The van der Waals surface area contributed by atoms with Gasteiger partial charge < -0.3 is 10.8 Å². The molecular formula is C11H12ClNO2. The summed E-state index contributed by atoms with van der Waals surface area (Å²) in [5.74, 6) is -0.442. The van der Waals surface area contributed by atoms with E-state index in [9.17, 15) is 4.79 Å². The second-order valence-corrected chi connectivity index (χ2v) is 3.41. The van der Waals surface area contributed by atoms with Crippen molar-refractivity contribution in [2.24, 2.45) is 0 Å². The Morgan fingerprint density at radius 3 is 2.80 bits per heavy atom. The van der Waals surface area contributed by atoms with E-state index in [1.165, 1.54) is 6.07 Å². The third-order valence-corrected chi connectivity index (χ3v) is 2.11. The molecule has 0 aliphatic rings. The van der Waals surface area contributed by atoms with Crippen LogP contribution in [0.3, 0.4) is 0 Å². The number of rotatable bonds is 4. The molecule has 15 heavy (non-hydrogen) atoms. The third kappa shape index (κ3) is 3.29. The van der Waals surface area contributed by atoms with Crippen LogP contribution in [0, 0.1) is 0 Å². The van der Waals surface area contributed by atoms with Crippen LogP contribution in [0.25, 0.3) is 6.08 Å². The molecule has 0 aromatic heterocycles. The summed E-state index contributed by atoms with van der Waals surface area (Å²) >= 11 is 5.51. The number of halogens is 1. The van der Waals surface area contributed by atoms with E-state index in [1.807, 2.05) is 12.2 Å². The van der Waals surface area contributed by atoms with Crippen LogP contribution in [0.1, 0.15) is 22.3 Å². The van der Waals surface area contributed by atoms with Gasteiger partial charge in [0.15, 0.2) is 0 Å². The summed E-state index contributed by atoms with van der Waals surface area (Å²) < 4.78 is 0. The fourth-order valence-electron chi connectivity index (χ4n) is 1.16. The molecule has 0 aliphatic carbocycles. The number of carbonyl (C=O) groups is 1. The van der Waals surface area contributed by atoms with Crippen LogP contribution in [0.2, 0.25) is 0 Å². The Balaban J connectivity index is 2.87. The standard InChI is InChI=1S/C11H12ClNO2/c12-6-2-1-3-8-4-5-9(11(14)15)10(13)7-8/h1,3-5,7H,2,6,13H2,(H,14,15). The first-order chi connectivity index (χ1) is 7.15. The summed E-state index contributed by atoms with van der Waals surface area (Å²) in [6, 6.07) is 4.84. The van der Waals surface area contributed by atoms with Crippen LogP contribution >= 0.6 is 11.6 Å². The Hall–Kier alpha value is -1.48. The molecule has 0 atom stereocenters. The monoisotopic (exact) mass is 225 g/mol. The SMILES string of the molecule is Nc1cc(C=CCCCl)ccc1C(=O)O. The molecule has 0 fully saturated rings. The molecule has 80 valence electrons. The van der Waals surface area contributed by atoms with Crippen LogP contribution in [0.15, 0.2) is 24.3 Å². The van der Waals surface area contributed by atoms with Gasteiger partial charge in [0.1, 0.15) is 0 Å². The number of anilines is 1. The average Bonchev–Trinajstić information content (AvgIpc) is 2.17. The van der Waals surface area contributed by atoms with E-state index in [-0.39, 0.29) is 11.3 Å². The van der Waals surface area contributed by atoms with Crippen molar-refractivity contribution >= 4 is 29.3 Å². The molecule has 3 N–H and O–H groups in total. The van der Waals surface area contributed by atoms with E-state index in [0.29, 0.717) is 5.88 Å². The minimum atomic E-state index is -1.01. The van der Waals surface area contributed by atoms with Gasteiger partial charge in [0.05, 0.1) is 5.56 Å². The van der Waals surface area contributed by atoms with Crippen molar-refractivity contribution in [1.82, 2.24) is 0 Å². The summed E-state index contributed by atoms with van der Waals surface area (Å²) in [6.07, 6.45) is 4.56. The fraction of sp³-hybridized carbons (Fsp3) is 0.182. The molecule has 1 rings (SSSR count). The van der Waals surface area contributed by atoms with E-state index in [2.05, 4.69) is 0 Å². The Morgan fingerprint density at radius 1 is 1.53 bits per heavy atom. The number of carboxylic acid groups (broad SMARTS) is 1. The van der Waals surface area contributed by atoms with Crippen molar-refractivity contribution in [3.05, 3.63) is 35.4 Å². The molecule has 1 aromatic rings. The number of allylic oxidation sites excluding steroid dienone is 1. The van der Waals surface area contributed by atoms with Gasteiger partial charge in [0, 0.05) is 11.6 Å². The molecule has 0 saturated carbocycles. The minimum Gasteiger partial charge on any atom is -0.478 e. The molecule has 0 saturated heterocycles. The second-order valence-electron chi connectivity index (χ2n) is 3.03. The largest absolute Gasteiger partial charge is 0.478 e. The van der Waals surface area contributed by atoms with Gasteiger partial charge in [0.25, 0.3) is 0 Å². The zero-order valence-corrected chi connectivity index (χ0v) is 8.87. The second kappa shape index (κ2) is 5.41. The lowest BCUT2D eigenvalue weighted by atomic mass is 10.1. The Morgan fingerprint density at radius 2 is 2.27 bits per heavy atom. The number of alkyl halides is 1. The summed E-state index contributed by atoms with van der Waals surface area (Å²) in [7, 11) is 0. The zero-order chi connectivity index (χ0) is 11.3. The van der Waals surface area contributed by atoms with Gasteiger partial charge in [-0.15, -0.1) is 11.6 Å². The van der Waals surface area contributed by atoms with Crippen LogP contribution < -0.4 is 5.73 Å². The minimum absolute atomic E-state index is 0.129. The molecule has 0 heterocycles. The zero-order valence-electron chi connectivity index (χ0n) is 8.11. The maximum Gasteiger partial charge on any atom is 0.337 e. The molecule has 0 spiro atoms. The van der Waals surface area contributed by atoms with Gasteiger partial charge >= 0.3 is 5.97 Å². The molecule has 0 aliphatic heterocycles. The van der Waals surface area contributed by atoms with Gasteiger partial charge in [-0.05, 0) is 24.1 Å². The number of aromatic carboxylic acids is 1. The summed E-state index contributed by atoms with van der Waals surface area (Å²) in [5.41, 5.74) is 6.87. The van der Waals surface area contributed by atoms with Crippen molar-refractivity contribution in [2.45, 2.75) is 6.42 Å². The predicted molar refractivity (Wildman–Crippen MR) is 62.2 cm³/mol. The first-order valence-corrected chi connectivity index (χ1v) is 5.04. The Labute approximate surface area is 93.2 Å². The lowest BCUT2D eigenvalue weighted by molar-refractivity contribution is 0.0698. The molecule has 0 unspecified atom stereocenters. The highest BCUT2D eigenvalue weighted by atomic mass is 35.5. The molecule has 4 heteroatoms. The quantitative estimate of drug-likeness (QED) is 0.612. The highest BCUT2D eigenvalue weighted by Crippen LogP contribution is 2.15. The predicted octanol–water partition coefficient (Wildman–Crippen LogP) is 2.61. The smallest absolute Gasteiger partial charge is 0.337 e. The molecule has 0 bridgehead atoms.